The van der Waals surface area contributed by atoms with Crippen LogP contribution in [0.4, 0.5) is 0 Å². The van der Waals surface area contributed by atoms with Crippen molar-refractivity contribution in [2.45, 2.75) is 11.3 Å². The third-order valence-electron chi connectivity index (χ3n) is 2.52. The number of hydrogen-bond donors (Lipinski definition) is 2. The minimum Gasteiger partial charge on any atom is -0.476 e. The van der Waals surface area contributed by atoms with E-state index >= 15 is 0 Å². The molecule has 0 aliphatic heterocycles. The van der Waals surface area contributed by atoms with Gasteiger partial charge in [0.05, 0.1) is 9.90 Å². The number of nitrogens with zero attached hydrogens (tertiary/aromatic N) is 2. The number of nitrogens with one attached hydrogen (secondary N) is 1. The highest BCUT2D eigenvalue weighted by atomic mass is 32.2. The van der Waals surface area contributed by atoms with Crippen LogP contribution >= 0.6 is 11.3 Å². The normalized spacial score (nSPS) is 11.7. The molecule has 0 spiro atoms. The first-order chi connectivity index (χ1) is 9.38. The molecule has 0 saturated carbocycles. The van der Waals surface area contributed by atoms with Crippen LogP contribution in [0.5, 0.6) is 0 Å². The highest BCUT2D eigenvalue weighted by Gasteiger charge is 2.15. The largest absolute Gasteiger partial charge is 0.476 e. The first-order valence-corrected chi connectivity index (χ1v) is 8.04. The predicted molar refractivity (Wildman–Crippen MR) is 73.4 cm³/mol. The summed E-state index contributed by atoms with van der Waals surface area (Å²) < 4.78 is 27.9. The molecule has 9 heteroatoms. The summed E-state index contributed by atoms with van der Waals surface area (Å²) in [6.45, 7) is 0.170. The lowest BCUT2D eigenvalue weighted by molar-refractivity contribution is 0.0691. The van der Waals surface area contributed by atoms with Gasteiger partial charge in [-0.3, -0.25) is 0 Å². The SMILES string of the molecule is Cn1ccc(S(=O)(=O)NCCc2nc(C(=O)O)cs2)c1. The summed E-state index contributed by atoms with van der Waals surface area (Å²) in [5.41, 5.74) is -0.0177. The van der Waals surface area contributed by atoms with Crippen molar-refractivity contribution in [2.75, 3.05) is 6.54 Å². The third kappa shape index (κ3) is 3.44. The van der Waals surface area contributed by atoms with Crippen molar-refractivity contribution in [1.82, 2.24) is 14.3 Å². The second kappa shape index (κ2) is 5.73. The molecule has 0 aliphatic rings. The van der Waals surface area contributed by atoms with Crippen LogP contribution in [0, 0.1) is 0 Å². The van der Waals surface area contributed by atoms with Gasteiger partial charge in [-0.1, -0.05) is 0 Å². The van der Waals surface area contributed by atoms with Gasteiger partial charge in [-0.2, -0.15) is 0 Å². The van der Waals surface area contributed by atoms with E-state index in [9.17, 15) is 13.2 Å². The topological polar surface area (TPSA) is 101 Å². The first-order valence-electron chi connectivity index (χ1n) is 5.68. The molecule has 0 fully saturated rings. The lowest BCUT2D eigenvalue weighted by Gasteiger charge is -2.03. The van der Waals surface area contributed by atoms with Gasteiger partial charge in [0.25, 0.3) is 0 Å². The zero-order chi connectivity index (χ0) is 14.8. The van der Waals surface area contributed by atoms with Crippen molar-refractivity contribution in [3.63, 3.8) is 0 Å². The first kappa shape index (κ1) is 14.7. The van der Waals surface area contributed by atoms with Crippen molar-refractivity contribution in [3.05, 3.63) is 34.5 Å². The molecule has 0 radical (unpaired) electrons. The Bertz CT molecular complexity index is 718. The van der Waals surface area contributed by atoms with Gasteiger partial charge >= 0.3 is 5.97 Å². The zero-order valence-corrected chi connectivity index (χ0v) is 12.2. The molecular weight excluding hydrogens is 302 g/mol. The molecule has 7 nitrogen and oxygen atoms in total. The van der Waals surface area contributed by atoms with Crippen molar-refractivity contribution >= 4 is 27.3 Å². The van der Waals surface area contributed by atoms with Gasteiger partial charge in [-0.25, -0.2) is 22.9 Å². The summed E-state index contributed by atoms with van der Waals surface area (Å²) >= 11 is 1.20. The summed E-state index contributed by atoms with van der Waals surface area (Å²) in [6.07, 6.45) is 3.51. The number of thiazole rings is 1. The Morgan fingerprint density at radius 1 is 1.55 bits per heavy atom. The number of aryl methyl sites for hydroxylation is 1. The molecule has 0 aliphatic carbocycles. The monoisotopic (exact) mass is 315 g/mol. The average molecular weight is 315 g/mol. The Balaban J connectivity index is 1.93. The summed E-state index contributed by atoms with van der Waals surface area (Å²) in [5, 5.41) is 10.7. The molecule has 2 N–H and O–H groups in total. The second-order valence-corrected chi connectivity index (χ2v) is 6.80. The fraction of sp³-hybridized carbons (Fsp3) is 0.273. The van der Waals surface area contributed by atoms with Gasteiger partial charge in [0.1, 0.15) is 0 Å². The quantitative estimate of drug-likeness (QED) is 0.817. The van der Waals surface area contributed by atoms with Crippen LogP contribution in [0.25, 0.3) is 0 Å². The number of carbonyl (C=O) groups is 1. The van der Waals surface area contributed by atoms with Crippen molar-refractivity contribution in [3.8, 4) is 0 Å². The molecule has 0 amide bonds. The second-order valence-electron chi connectivity index (χ2n) is 4.09. The van der Waals surface area contributed by atoms with Crippen molar-refractivity contribution < 1.29 is 18.3 Å². The molecule has 2 aromatic heterocycles. The summed E-state index contributed by atoms with van der Waals surface area (Å²) in [6, 6.07) is 1.51. The lowest BCUT2D eigenvalue weighted by Crippen LogP contribution is -2.25. The van der Waals surface area contributed by atoms with Gasteiger partial charge in [0.2, 0.25) is 10.0 Å². The van der Waals surface area contributed by atoms with Crippen LogP contribution in [-0.2, 0) is 23.5 Å². The Labute approximate surface area is 119 Å². The van der Waals surface area contributed by atoms with E-state index in [1.165, 1.54) is 29.0 Å². The van der Waals surface area contributed by atoms with Crippen LogP contribution in [0.2, 0.25) is 0 Å². The highest BCUT2D eigenvalue weighted by Crippen LogP contribution is 2.11. The van der Waals surface area contributed by atoms with E-state index in [4.69, 9.17) is 5.11 Å². The van der Waals surface area contributed by atoms with Crippen LogP contribution in [-0.4, -0.2) is 35.6 Å². The molecule has 2 aromatic rings. The van der Waals surface area contributed by atoms with E-state index in [1.807, 2.05) is 0 Å². The number of aromatic carboxylic acids is 1. The van der Waals surface area contributed by atoms with Crippen molar-refractivity contribution in [1.29, 1.82) is 0 Å². The molecule has 108 valence electrons. The minimum absolute atomic E-state index is 0.0177. The highest BCUT2D eigenvalue weighted by molar-refractivity contribution is 7.89. The van der Waals surface area contributed by atoms with E-state index in [0.717, 1.165) is 0 Å². The summed E-state index contributed by atoms with van der Waals surface area (Å²) in [4.78, 5) is 14.8. The number of carboxylic acids is 1. The third-order valence-corrected chi connectivity index (χ3v) is 4.87. The zero-order valence-electron chi connectivity index (χ0n) is 10.6. The molecule has 2 rings (SSSR count). The van der Waals surface area contributed by atoms with E-state index in [-0.39, 0.29) is 17.1 Å². The van der Waals surface area contributed by atoms with Gasteiger partial charge in [0, 0.05) is 37.8 Å². The maximum Gasteiger partial charge on any atom is 0.355 e. The van der Waals surface area contributed by atoms with Gasteiger partial charge in [0.15, 0.2) is 5.69 Å². The number of carboxylic acid groups (broad SMARTS) is 1. The molecule has 2 heterocycles. The number of rotatable bonds is 6. The molecule has 0 unspecified atom stereocenters. The minimum atomic E-state index is -3.53. The smallest absolute Gasteiger partial charge is 0.355 e. The lowest BCUT2D eigenvalue weighted by atomic mass is 10.4. The van der Waals surface area contributed by atoms with E-state index in [2.05, 4.69) is 9.71 Å². The molecular formula is C11H13N3O4S2. The van der Waals surface area contributed by atoms with E-state index in [0.29, 0.717) is 11.4 Å². The van der Waals surface area contributed by atoms with Gasteiger partial charge < -0.3 is 9.67 Å². The molecule has 20 heavy (non-hydrogen) atoms. The molecule has 0 atom stereocenters. The summed E-state index contributed by atoms with van der Waals surface area (Å²) in [5.74, 6) is -1.09. The van der Waals surface area contributed by atoms with Crippen LogP contribution < -0.4 is 4.72 Å². The fourth-order valence-electron chi connectivity index (χ4n) is 1.54. The Hall–Kier alpha value is -1.71. The number of sulfonamides is 1. The van der Waals surface area contributed by atoms with Crippen LogP contribution in [0.3, 0.4) is 0 Å². The van der Waals surface area contributed by atoms with E-state index in [1.54, 1.807) is 17.8 Å². The number of aromatic nitrogens is 2. The molecule has 0 saturated heterocycles. The number of hydrogen-bond acceptors (Lipinski definition) is 5. The molecule has 0 aromatic carbocycles. The Kier molecular flexibility index (Phi) is 4.21. The van der Waals surface area contributed by atoms with Gasteiger partial charge in [-0.05, 0) is 6.07 Å². The predicted octanol–water partition coefficient (Wildman–Crippen LogP) is 0.701. The summed E-state index contributed by atoms with van der Waals surface area (Å²) in [7, 11) is -1.79. The van der Waals surface area contributed by atoms with Crippen LogP contribution in [0.15, 0.2) is 28.7 Å². The van der Waals surface area contributed by atoms with Crippen LogP contribution in [0.1, 0.15) is 15.5 Å². The Morgan fingerprint density at radius 2 is 2.30 bits per heavy atom. The maximum atomic E-state index is 11.9. The van der Waals surface area contributed by atoms with Gasteiger partial charge in [-0.15, -0.1) is 11.3 Å². The fourth-order valence-corrected chi connectivity index (χ4v) is 3.39. The van der Waals surface area contributed by atoms with E-state index < -0.39 is 16.0 Å². The maximum absolute atomic E-state index is 11.9. The Morgan fingerprint density at radius 3 is 2.85 bits per heavy atom. The molecule has 0 bridgehead atoms. The van der Waals surface area contributed by atoms with Crippen molar-refractivity contribution in [2.24, 2.45) is 7.05 Å². The average Bonchev–Trinajstić information content (AvgIpc) is 2.98. The standard InChI is InChI=1S/C11H13N3O4S2/c1-14-5-3-8(6-14)20(17,18)12-4-2-10-13-9(7-19-10)11(15)16/h3,5-7,12H,2,4H2,1H3,(H,15,16).